The van der Waals surface area contributed by atoms with Gasteiger partial charge >= 0.3 is 0 Å². The second-order valence-electron chi connectivity index (χ2n) is 3.01. The molecular weight excluding hydrogens is 308 g/mol. The van der Waals surface area contributed by atoms with Gasteiger partial charge in [-0.2, -0.15) is 4.98 Å². The third kappa shape index (κ3) is 3.01. The Morgan fingerprint density at radius 2 is 2.12 bits per heavy atom. The summed E-state index contributed by atoms with van der Waals surface area (Å²) >= 11 is 18.3. The molecule has 2 aromatic rings. The summed E-state index contributed by atoms with van der Waals surface area (Å²) in [6, 6.07) is 4.04. The van der Waals surface area contributed by atoms with Gasteiger partial charge in [-0.15, -0.1) is 11.6 Å². The molecule has 0 aliphatic heterocycles. The van der Waals surface area contributed by atoms with Gasteiger partial charge in [-0.25, -0.2) is 4.39 Å². The Bertz CT molecular complexity index is 546. The molecule has 2 rings (SSSR count). The van der Waals surface area contributed by atoms with Gasteiger partial charge in [0.15, 0.2) is 0 Å². The molecule has 1 aromatic heterocycles. The van der Waals surface area contributed by atoms with Gasteiger partial charge in [-0.05, 0) is 12.1 Å². The molecule has 0 unspecified atom stereocenters. The SMILES string of the molecule is Fc1ccc(Oc2nc(Cl)c(CCl)s2)cc1Cl. The second-order valence-corrected chi connectivity index (χ2v) is 5.08. The van der Waals surface area contributed by atoms with Crippen molar-refractivity contribution in [2.75, 3.05) is 0 Å². The van der Waals surface area contributed by atoms with Crippen molar-refractivity contribution < 1.29 is 9.13 Å². The number of thiazole rings is 1. The van der Waals surface area contributed by atoms with Crippen molar-refractivity contribution in [2.45, 2.75) is 5.88 Å². The molecular formula is C10H5Cl3FNOS. The smallest absolute Gasteiger partial charge is 0.280 e. The number of ether oxygens (including phenoxy) is 1. The average molecular weight is 313 g/mol. The summed E-state index contributed by atoms with van der Waals surface area (Å²) < 4.78 is 18.3. The predicted octanol–water partition coefficient (Wildman–Crippen LogP) is 5.12. The first-order chi connectivity index (χ1) is 8.10. The summed E-state index contributed by atoms with van der Waals surface area (Å²) in [5, 5.41) is 0.643. The third-order valence-corrected chi connectivity index (χ3v) is 3.92. The first kappa shape index (κ1) is 12.9. The van der Waals surface area contributed by atoms with E-state index >= 15 is 0 Å². The Morgan fingerprint density at radius 1 is 1.35 bits per heavy atom. The van der Waals surface area contributed by atoms with Crippen LogP contribution in [0.25, 0.3) is 0 Å². The fraction of sp³-hybridized carbons (Fsp3) is 0.100. The summed E-state index contributed by atoms with van der Waals surface area (Å²) in [6.07, 6.45) is 0. The van der Waals surface area contributed by atoms with E-state index < -0.39 is 5.82 Å². The van der Waals surface area contributed by atoms with E-state index in [9.17, 15) is 4.39 Å². The third-order valence-electron chi connectivity index (χ3n) is 1.85. The maximum atomic E-state index is 12.9. The van der Waals surface area contributed by atoms with Crippen molar-refractivity contribution in [1.82, 2.24) is 4.98 Å². The van der Waals surface area contributed by atoms with Gasteiger partial charge in [0.25, 0.3) is 5.19 Å². The quantitative estimate of drug-likeness (QED) is 0.734. The maximum absolute atomic E-state index is 12.9. The fourth-order valence-electron chi connectivity index (χ4n) is 1.08. The van der Waals surface area contributed by atoms with E-state index in [1.54, 1.807) is 0 Å². The van der Waals surface area contributed by atoms with E-state index in [0.717, 1.165) is 4.88 Å². The van der Waals surface area contributed by atoms with Gasteiger partial charge in [-0.1, -0.05) is 34.5 Å². The minimum atomic E-state index is -0.502. The first-order valence-corrected chi connectivity index (χ1v) is 6.55. The monoisotopic (exact) mass is 311 g/mol. The van der Waals surface area contributed by atoms with Gasteiger partial charge in [0, 0.05) is 6.07 Å². The van der Waals surface area contributed by atoms with Gasteiger partial charge in [0.2, 0.25) is 0 Å². The number of hydrogen-bond acceptors (Lipinski definition) is 3. The minimum absolute atomic E-state index is 0.0114. The summed E-state index contributed by atoms with van der Waals surface area (Å²) in [4.78, 5) is 4.69. The predicted molar refractivity (Wildman–Crippen MR) is 68.2 cm³/mol. The minimum Gasteiger partial charge on any atom is -0.431 e. The molecule has 90 valence electrons. The number of benzene rings is 1. The number of aromatic nitrogens is 1. The van der Waals surface area contributed by atoms with Crippen molar-refractivity contribution in [3.63, 3.8) is 0 Å². The lowest BCUT2D eigenvalue weighted by molar-refractivity contribution is 0.477. The fourth-order valence-corrected chi connectivity index (χ4v) is 2.59. The molecule has 0 radical (unpaired) electrons. The Kier molecular flexibility index (Phi) is 4.09. The van der Waals surface area contributed by atoms with Crippen LogP contribution < -0.4 is 4.74 Å². The van der Waals surface area contributed by atoms with E-state index in [2.05, 4.69) is 4.98 Å². The van der Waals surface area contributed by atoms with Crippen LogP contribution >= 0.6 is 46.1 Å². The zero-order valence-electron chi connectivity index (χ0n) is 8.21. The molecule has 0 fully saturated rings. The highest BCUT2D eigenvalue weighted by Crippen LogP contribution is 2.33. The van der Waals surface area contributed by atoms with Crippen molar-refractivity contribution in [1.29, 1.82) is 0 Å². The topological polar surface area (TPSA) is 22.1 Å². The largest absolute Gasteiger partial charge is 0.431 e. The van der Waals surface area contributed by atoms with Crippen LogP contribution in [0.15, 0.2) is 18.2 Å². The molecule has 0 amide bonds. The van der Waals surface area contributed by atoms with Gasteiger partial charge < -0.3 is 4.74 Å². The number of rotatable bonds is 3. The Balaban J connectivity index is 2.22. The van der Waals surface area contributed by atoms with E-state index in [-0.39, 0.29) is 10.9 Å². The van der Waals surface area contributed by atoms with Crippen LogP contribution in [-0.4, -0.2) is 4.98 Å². The van der Waals surface area contributed by atoms with Crippen LogP contribution in [0.4, 0.5) is 4.39 Å². The number of hydrogen-bond donors (Lipinski definition) is 0. The summed E-state index contributed by atoms with van der Waals surface area (Å²) in [6.45, 7) is 0. The molecule has 1 heterocycles. The molecule has 17 heavy (non-hydrogen) atoms. The molecule has 2 nitrogen and oxygen atoms in total. The zero-order valence-corrected chi connectivity index (χ0v) is 11.3. The molecule has 0 spiro atoms. The Labute approximate surface area is 116 Å². The summed E-state index contributed by atoms with van der Waals surface area (Å²) in [7, 11) is 0. The molecule has 1 aromatic carbocycles. The van der Waals surface area contributed by atoms with E-state index in [1.807, 2.05) is 0 Å². The molecule has 0 atom stereocenters. The zero-order chi connectivity index (χ0) is 12.4. The van der Waals surface area contributed by atoms with Gasteiger partial charge in [0.05, 0.1) is 15.8 Å². The molecule has 0 aliphatic rings. The van der Waals surface area contributed by atoms with Crippen LogP contribution in [0.5, 0.6) is 10.9 Å². The van der Waals surface area contributed by atoms with E-state index in [0.29, 0.717) is 16.1 Å². The van der Waals surface area contributed by atoms with Crippen molar-refractivity contribution in [2.24, 2.45) is 0 Å². The number of nitrogens with zero attached hydrogens (tertiary/aromatic N) is 1. The molecule has 0 N–H and O–H groups in total. The lowest BCUT2D eigenvalue weighted by atomic mass is 10.3. The Morgan fingerprint density at radius 3 is 2.71 bits per heavy atom. The van der Waals surface area contributed by atoms with Crippen LogP contribution in [0.3, 0.4) is 0 Å². The average Bonchev–Trinajstić information content (AvgIpc) is 2.64. The van der Waals surface area contributed by atoms with E-state index in [1.165, 1.54) is 29.5 Å². The molecule has 0 saturated heterocycles. The van der Waals surface area contributed by atoms with E-state index in [4.69, 9.17) is 39.5 Å². The maximum Gasteiger partial charge on any atom is 0.280 e. The van der Waals surface area contributed by atoms with Crippen LogP contribution in [0.1, 0.15) is 4.88 Å². The second kappa shape index (κ2) is 5.40. The molecule has 7 heteroatoms. The normalized spacial score (nSPS) is 10.6. The molecule has 0 bridgehead atoms. The van der Waals surface area contributed by atoms with Gasteiger partial charge in [-0.3, -0.25) is 0 Å². The Hall–Kier alpha value is -0.550. The van der Waals surface area contributed by atoms with Crippen molar-refractivity contribution in [3.8, 4) is 10.9 Å². The van der Waals surface area contributed by atoms with Crippen molar-refractivity contribution in [3.05, 3.63) is 39.1 Å². The molecule has 0 aliphatic carbocycles. The number of halogens is 4. The van der Waals surface area contributed by atoms with Gasteiger partial charge in [0.1, 0.15) is 16.7 Å². The lowest BCUT2D eigenvalue weighted by Gasteiger charge is -2.01. The highest BCUT2D eigenvalue weighted by Gasteiger charge is 2.11. The van der Waals surface area contributed by atoms with Crippen molar-refractivity contribution >= 4 is 46.1 Å². The molecule has 0 saturated carbocycles. The highest BCUT2D eigenvalue weighted by atomic mass is 35.5. The lowest BCUT2D eigenvalue weighted by Crippen LogP contribution is -1.84. The standard InChI is InChI=1S/C10H5Cl3FNOS/c11-4-8-9(13)15-10(17-8)16-5-1-2-7(14)6(12)3-5/h1-3H,4H2. The van der Waals surface area contributed by atoms with Crippen LogP contribution in [-0.2, 0) is 5.88 Å². The number of alkyl halides is 1. The first-order valence-electron chi connectivity index (χ1n) is 4.44. The van der Waals surface area contributed by atoms with Crippen LogP contribution in [0, 0.1) is 5.82 Å². The van der Waals surface area contributed by atoms with Crippen LogP contribution in [0.2, 0.25) is 10.2 Å². The highest BCUT2D eigenvalue weighted by molar-refractivity contribution is 7.14. The summed E-state index contributed by atoms with van der Waals surface area (Å²) in [5.41, 5.74) is 0. The summed E-state index contributed by atoms with van der Waals surface area (Å²) in [5.74, 6) is 0.157.